The molecular weight excluding hydrogens is 214 g/mol. The van der Waals surface area contributed by atoms with Gasteiger partial charge in [-0.15, -0.1) is 0 Å². The molecule has 0 aliphatic heterocycles. The molecular formula is C12H10F2O2. The normalized spacial score (nSPS) is 9.12. The molecule has 16 heavy (non-hydrogen) atoms. The van der Waals surface area contributed by atoms with E-state index in [1.165, 1.54) is 42.5 Å². The standard InChI is InChI=1S/2C6H5FO/c7-5-1-3-6(8)4-2-5;7-5-2-1-3-6(8)4-5/h2*1-4,8H. The Bertz CT molecular complexity index is 403. The van der Waals surface area contributed by atoms with E-state index in [0.717, 1.165) is 6.07 Å². The smallest absolute Gasteiger partial charge is 0.126 e. The van der Waals surface area contributed by atoms with Gasteiger partial charge in [-0.2, -0.15) is 0 Å². The fraction of sp³-hybridized carbons (Fsp3) is 0. The second kappa shape index (κ2) is 5.70. The molecule has 0 heterocycles. The number of phenolic OH excluding ortho intramolecular Hbond substituents is 2. The van der Waals surface area contributed by atoms with Gasteiger partial charge in [0.15, 0.2) is 0 Å². The lowest BCUT2D eigenvalue weighted by molar-refractivity contribution is 0.469. The zero-order valence-electron chi connectivity index (χ0n) is 8.27. The minimum absolute atomic E-state index is 0.0370. The van der Waals surface area contributed by atoms with Crippen molar-refractivity contribution in [2.45, 2.75) is 0 Å². The lowest BCUT2D eigenvalue weighted by atomic mass is 10.3. The van der Waals surface area contributed by atoms with E-state index in [9.17, 15) is 8.78 Å². The monoisotopic (exact) mass is 224 g/mol. The van der Waals surface area contributed by atoms with Crippen LogP contribution in [0.3, 0.4) is 0 Å². The molecule has 0 fully saturated rings. The van der Waals surface area contributed by atoms with Gasteiger partial charge >= 0.3 is 0 Å². The number of hydrogen-bond donors (Lipinski definition) is 2. The number of rotatable bonds is 0. The molecule has 0 unspecified atom stereocenters. The summed E-state index contributed by atoms with van der Waals surface area (Å²) in [4.78, 5) is 0. The van der Waals surface area contributed by atoms with E-state index in [4.69, 9.17) is 10.2 Å². The second-order valence-corrected chi connectivity index (χ2v) is 2.96. The topological polar surface area (TPSA) is 40.5 Å². The van der Waals surface area contributed by atoms with Gasteiger partial charge in [0.05, 0.1) is 0 Å². The number of aromatic hydroxyl groups is 2. The molecule has 84 valence electrons. The van der Waals surface area contributed by atoms with Crippen molar-refractivity contribution in [3.63, 3.8) is 0 Å². The Balaban J connectivity index is 0.000000160. The van der Waals surface area contributed by atoms with Crippen LogP contribution in [0.25, 0.3) is 0 Å². The van der Waals surface area contributed by atoms with Crippen molar-refractivity contribution in [2.24, 2.45) is 0 Å². The highest BCUT2D eigenvalue weighted by Crippen LogP contribution is 2.08. The lowest BCUT2D eigenvalue weighted by Crippen LogP contribution is -1.68. The molecule has 0 aromatic heterocycles. The van der Waals surface area contributed by atoms with Crippen LogP contribution in [-0.4, -0.2) is 10.2 Å². The van der Waals surface area contributed by atoms with Crippen molar-refractivity contribution in [2.75, 3.05) is 0 Å². The Labute approximate surface area is 91.4 Å². The molecule has 0 aliphatic rings. The first-order chi connectivity index (χ1) is 7.58. The Morgan fingerprint density at radius 1 is 0.688 bits per heavy atom. The van der Waals surface area contributed by atoms with Crippen molar-refractivity contribution < 1.29 is 19.0 Å². The summed E-state index contributed by atoms with van der Waals surface area (Å²) in [5.41, 5.74) is 0. The van der Waals surface area contributed by atoms with Crippen LogP contribution in [0.4, 0.5) is 8.78 Å². The zero-order chi connectivity index (χ0) is 12.0. The van der Waals surface area contributed by atoms with Crippen LogP contribution in [0.5, 0.6) is 11.5 Å². The third-order valence-electron chi connectivity index (χ3n) is 1.63. The summed E-state index contributed by atoms with van der Waals surface area (Å²) in [5.74, 6) is -0.691. The predicted molar refractivity (Wildman–Crippen MR) is 56.1 cm³/mol. The first-order valence-corrected chi connectivity index (χ1v) is 4.47. The SMILES string of the molecule is Oc1ccc(F)cc1.Oc1cccc(F)c1. The second-order valence-electron chi connectivity index (χ2n) is 2.96. The molecule has 0 saturated heterocycles. The summed E-state index contributed by atoms with van der Waals surface area (Å²) in [5, 5.41) is 17.2. The van der Waals surface area contributed by atoms with E-state index in [1.807, 2.05) is 0 Å². The molecule has 0 radical (unpaired) electrons. The van der Waals surface area contributed by atoms with E-state index in [1.54, 1.807) is 0 Å². The Hall–Kier alpha value is -2.10. The molecule has 0 aliphatic carbocycles. The summed E-state index contributed by atoms with van der Waals surface area (Å²) in [7, 11) is 0. The predicted octanol–water partition coefficient (Wildman–Crippen LogP) is 3.06. The third kappa shape index (κ3) is 4.41. The molecule has 2 aromatic rings. The highest BCUT2D eigenvalue weighted by molar-refractivity contribution is 5.20. The fourth-order valence-corrected chi connectivity index (χ4v) is 0.917. The van der Waals surface area contributed by atoms with Gasteiger partial charge in [-0.1, -0.05) is 6.07 Å². The average molecular weight is 224 g/mol. The largest absolute Gasteiger partial charge is 0.508 e. The zero-order valence-corrected chi connectivity index (χ0v) is 8.27. The van der Waals surface area contributed by atoms with Gasteiger partial charge in [-0.25, -0.2) is 8.78 Å². The quantitative estimate of drug-likeness (QED) is 0.722. The van der Waals surface area contributed by atoms with E-state index in [-0.39, 0.29) is 17.3 Å². The van der Waals surface area contributed by atoms with Gasteiger partial charge < -0.3 is 10.2 Å². The minimum atomic E-state index is -0.412. The van der Waals surface area contributed by atoms with E-state index >= 15 is 0 Å². The van der Waals surface area contributed by atoms with Crippen molar-refractivity contribution in [1.29, 1.82) is 0 Å². The number of phenols is 2. The summed E-state index contributed by atoms with van der Waals surface area (Å²) in [6, 6.07) is 10.2. The summed E-state index contributed by atoms with van der Waals surface area (Å²) < 4.78 is 24.0. The summed E-state index contributed by atoms with van der Waals surface area (Å²) >= 11 is 0. The summed E-state index contributed by atoms with van der Waals surface area (Å²) in [6.45, 7) is 0. The van der Waals surface area contributed by atoms with Crippen LogP contribution in [0.2, 0.25) is 0 Å². The molecule has 0 spiro atoms. The molecule has 0 saturated carbocycles. The number of halogens is 2. The number of benzene rings is 2. The molecule has 2 rings (SSSR count). The van der Waals surface area contributed by atoms with Gasteiger partial charge in [0.1, 0.15) is 23.1 Å². The van der Waals surface area contributed by atoms with E-state index < -0.39 is 5.82 Å². The van der Waals surface area contributed by atoms with E-state index in [2.05, 4.69) is 0 Å². The summed E-state index contributed by atoms with van der Waals surface area (Å²) in [6.07, 6.45) is 0. The maximum atomic E-state index is 12.0. The van der Waals surface area contributed by atoms with Gasteiger partial charge in [0, 0.05) is 6.07 Å². The first kappa shape index (κ1) is 12.0. The molecule has 0 bridgehead atoms. The van der Waals surface area contributed by atoms with Crippen molar-refractivity contribution in [1.82, 2.24) is 0 Å². The maximum absolute atomic E-state index is 12.0. The van der Waals surface area contributed by atoms with Crippen LogP contribution < -0.4 is 0 Å². The molecule has 0 atom stereocenters. The van der Waals surface area contributed by atoms with Gasteiger partial charge in [-0.3, -0.25) is 0 Å². The van der Waals surface area contributed by atoms with Crippen molar-refractivity contribution in [3.05, 3.63) is 60.2 Å². The molecule has 2 aromatic carbocycles. The molecule has 4 heteroatoms. The van der Waals surface area contributed by atoms with Crippen LogP contribution >= 0.6 is 0 Å². The highest BCUT2D eigenvalue weighted by atomic mass is 19.1. The number of hydrogen-bond acceptors (Lipinski definition) is 2. The molecule has 2 N–H and O–H groups in total. The van der Waals surface area contributed by atoms with Crippen LogP contribution in [-0.2, 0) is 0 Å². The van der Waals surface area contributed by atoms with Crippen LogP contribution in [0.15, 0.2) is 48.5 Å². The van der Waals surface area contributed by atoms with Crippen molar-refractivity contribution in [3.8, 4) is 11.5 Å². The third-order valence-corrected chi connectivity index (χ3v) is 1.63. The molecule has 0 amide bonds. The van der Waals surface area contributed by atoms with Gasteiger partial charge in [-0.05, 0) is 36.4 Å². The Morgan fingerprint density at radius 2 is 1.31 bits per heavy atom. The lowest BCUT2D eigenvalue weighted by Gasteiger charge is -1.86. The minimum Gasteiger partial charge on any atom is -0.508 e. The van der Waals surface area contributed by atoms with Crippen LogP contribution in [0.1, 0.15) is 0 Å². The maximum Gasteiger partial charge on any atom is 0.126 e. The van der Waals surface area contributed by atoms with Gasteiger partial charge in [0.2, 0.25) is 0 Å². The average Bonchev–Trinajstić information content (AvgIpc) is 2.23. The highest BCUT2D eigenvalue weighted by Gasteiger charge is 1.87. The Kier molecular flexibility index (Phi) is 4.27. The van der Waals surface area contributed by atoms with Gasteiger partial charge in [0.25, 0.3) is 0 Å². The molecule has 2 nitrogen and oxygen atoms in total. The Morgan fingerprint density at radius 3 is 1.69 bits per heavy atom. The first-order valence-electron chi connectivity index (χ1n) is 4.47. The van der Waals surface area contributed by atoms with E-state index in [0.29, 0.717) is 0 Å². The van der Waals surface area contributed by atoms with Crippen LogP contribution in [0, 0.1) is 11.6 Å². The van der Waals surface area contributed by atoms with Crippen molar-refractivity contribution >= 4 is 0 Å². The fourth-order valence-electron chi connectivity index (χ4n) is 0.917.